The fourth-order valence-electron chi connectivity index (χ4n) is 0.668. The van der Waals surface area contributed by atoms with Gasteiger partial charge in [0.1, 0.15) is 18.3 Å². The second kappa shape index (κ2) is 11.2. The molecule has 0 saturated heterocycles. The molecule has 0 rings (SSSR count). The van der Waals surface area contributed by atoms with Gasteiger partial charge in [-0.3, -0.25) is 0 Å². The fraction of sp³-hybridized carbons (Fsp3) is 0.833. The number of aliphatic carboxylic acids is 1. The number of hydrogen-bond donors (Lipinski definition) is 6. The van der Waals surface area contributed by atoms with Gasteiger partial charge in [0.2, 0.25) is 0 Å². The summed E-state index contributed by atoms with van der Waals surface area (Å²) in [7, 11) is 0. The topological polar surface area (TPSA) is 201 Å². The first-order valence-electron chi connectivity index (χ1n) is 3.47. The third-order valence-corrected chi connectivity index (χ3v) is 1.51. The molecule has 4 atom stereocenters. The molecule has 0 aromatic rings. The van der Waals surface area contributed by atoms with Crippen molar-refractivity contribution < 1.29 is 63.5 Å². The van der Waals surface area contributed by atoms with E-state index in [9.17, 15) is 4.79 Å². The molecule has 0 aliphatic rings. The van der Waals surface area contributed by atoms with Crippen LogP contribution in [-0.2, 0) is 21.9 Å². The van der Waals surface area contributed by atoms with E-state index < -0.39 is 37.0 Å². The van der Waals surface area contributed by atoms with E-state index in [4.69, 9.17) is 30.6 Å². The molecule has 10 heteroatoms. The first-order valence-corrected chi connectivity index (χ1v) is 3.47. The Morgan fingerprint density at radius 3 is 1.62 bits per heavy atom. The number of carboxylic acid groups (broad SMARTS) is 1. The van der Waals surface area contributed by atoms with Crippen molar-refractivity contribution in [2.24, 2.45) is 0 Å². The third-order valence-electron chi connectivity index (χ3n) is 1.51. The van der Waals surface area contributed by atoms with Crippen LogP contribution in [0.1, 0.15) is 0 Å². The molecule has 1 radical (unpaired) electrons. The van der Waals surface area contributed by atoms with Crippen molar-refractivity contribution in [3.8, 4) is 0 Å². The summed E-state index contributed by atoms with van der Waals surface area (Å²) in [5, 5.41) is 51.8. The second-order valence-corrected chi connectivity index (χ2v) is 2.51. The zero-order chi connectivity index (χ0) is 10.6. The van der Waals surface area contributed by atoms with Gasteiger partial charge in [0.25, 0.3) is 0 Å². The van der Waals surface area contributed by atoms with Gasteiger partial charge in [0.05, 0.1) is 6.61 Å². The number of carbonyl (C=O) groups is 1. The molecular formula is C6H16MnO9. The summed E-state index contributed by atoms with van der Waals surface area (Å²) in [6.45, 7) is -0.843. The molecule has 0 aliphatic carbocycles. The number of carboxylic acids is 1. The van der Waals surface area contributed by atoms with Gasteiger partial charge in [-0.05, 0) is 0 Å². The van der Waals surface area contributed by atoms with Gasteiger partial charge >= 0.3 is 5.97 Å². The largest absolute Gasteiger partial charge is 0.479 e. The van der Waals surface area contributed by atoms with E-state index in [0.29, 0.717) is 0 Å². The molecule has 0 bridgehead atoms. The molecule has 0 saturated carbocycles. The zero-order valence-corrected chi connectivity index (χ0v) is 9.17. The van der Waals surface area contributed by atoms with Crippen molar-refractivity contribution in [2.75, 3.05) is 6.61 Å². The third kappa shape index (κ3) is 7.06. The Balaban J connectivity index is -0.000000240. The Bertz CT molecular complexity index is 177. The molecule has 0 aromatic carbocycles. The van der Waals surface area contributed by atoms with E-state index in [0.717, 1.165) is 0 Å². The second-order valence-electron chi connectivity index (χ2n) is 2.51. The Hall–Kier alpha value is -0.291. The normalized spacial score (nSPS) is 16.6. The average molecular weight is 287 g/mol. The molecule has 0 aliphatic heterocycles. The van der Waals surface area contributed by atoms with Crippen LogP contribution in [0.5, 0.6) is 0 Å². The molecule has 0 unspecified atom stereocenters. The smallest absolute Gasteiger partial charge is 0.335 e. The van der Waals surface area contributed by atoms with E-state index in [1.807, 2.05) is 0 Å². The summed E-state index contributed by atoms with van der Waals surface area (Å²) in [6.07, 6.45) is -7.84. The van der Waals surface area contributed by atoms with Crippen LogP contribution in [0.25, 0.3) is 0 Å². The van der Waals surface area contributed by atoms with E-state index in [-0.39, 0.29) is 28.0 Å². The summed E-state index contributed by atoms with van der Waals surface area (Å²) >= 11 is 0. The Morgan fingerprint density at radius 2 is 1.38 bits per heavy atom. The summed E-state index contributed by atoms with van der Waals surface area (Å²) in [6, 6.07) is 0. The van der Waals surface area contributed by atoms with E-state index in [1.165, 1.54) is 0 Å². The van der Waals surface area contributed by atoms with Gasteiger partial charge < -0.3 is 41.6 Å². The summed E-state index contributed by atoms with van der Waals surface area (Å²) in [5.41, 5.74) is 0. The zero-order valence-electron chi connectivity index (χ0n) is 7.99. The predicted octanol–water partition coefficient (Wildman–Crippen LogP) is -5.14. The van der Waals surface area contributed by atoms with Crippen LogP contribution in [0.15, 0.2) is 0 Å². The summed E-state index contributed by atoms with van der Waals surface area (Å²) in [4.78, 5) is 10.1. The number of hydrogen-bond acceptors (Lipinski definition) is 6. The minimum Gasteiger partial charge on any atom is -0.479 e. The van der Waals surface area contributed by atoms with Crippen molar-refractivity contribution in [3.63, 3.8) is 0 Å². The van der Waals surface area contributed by atoms with Crippen LogP contribution >= 0.6 is 0 Å². The average Bonchev–Trinajstić information content (AvgIpc) is 2.12. The van der Waals surface area contributed by atoms with Crippen LogP contribution in [0.3, 0.4) is 0 Å². The van der Waals surface area contributed by atoms with Gasteiger partial charge in [0, 0.05) is 17.1 Å². The summed E-state index contributed by atoms with van der Waals surface area (Å²) < 4.78 is 0. The molecule has 0 spiro atoms. The Labute approximate surface area is 101 Å². The van der Waals surface area contributed by atoms with E-state index in [1.54, 1.807) is 0 Å². The monoisotopic (exact) mass is 287 g/mol. The van der Waals surface area contributed by atoms with Crippen LogP contribution in [0.2, 0.25) is 0 Å². The van der Waals surface area contributed by atoms with Crippen LogP contribution in [0.4, 0.5) is 0 Å². The first-order chi connectivity index (χ1) is 5.91. The van der Waals surface area contributed by atoms with Gasteiger partial charge in [-0.25, -0.2) is 4.79 Å². The Morgan fingerprint density at radius 1 is 1.00 bits per heavy atom. The van der Waals surface area contributed by atoms with Crippen LogP contribution in [-0.4, -0.2) is 78.6 Å². The van der Waals surface area contributed by atoms with Gasteiger partial charge in [-0.1, -0.05) is 0 Å². The molecule has 0 aromatic heterocycles. The quantitative estimate of drug-likeness (QED) is 0.271. The fourth-order valence-corrected chi connectivity index (χ4v) is 0.668. The number of aliphatic hydroxyl groups excluding tert-OH is 5. The van der Waals surface area contributed by atoms with E-state index in [2.05, 4.69) is 0 Å². The SMILES string of the molecule is O.O.O=C(O)[C@H](O)[C@@H](O)[C@H](O)[C@H](O)CO.[Mn]. The van der Waals surface area contributed by atoms with Crippen molar-refractivity contribution in [1.82, 2.24) is 0 Å². The molecule has 9 nitrogen and oxygen atoms in total. The van der Waals surface area contributed by atoms with Gasteiger partial charge in [0.15, 0.2) is 6.10 Å². The van der Waals surface area contributed by atoms with Crippen LogP contribution < -0.4 is 0 Å². The van der Waals surface area contributed by atoms with Crippen molar-refractivity contribution in [2.45, 2.75) is 24.4 Å². The number of aliphatic hydroxyl groups is 5. The minimum absolute atomic E-state index is 0. The molecule has 101 valence electrons. The molecule has 0 heterocycles. The predicted molar refractivity (Wildman–Crippen MR) is 46.0 cm³/mol. The van der Waals surface area contributed by atoms with Crippen molar-refractivity contribution in [3.05, 3.63) is 0 Å². The van der Waals surface area contributed by atoms with Crippen LogP contribution in [0, 0.1) is 0 Å². The maximum Gasteiger partial charge on any atom is 0.335 e. The van der Waals surface area contributed by atoms with Gasteiger partial charge in [-0.15, -0.1) is 0 Å². The van der Waals surface area contributed by atoms with E-state index >= 15 is 0 Å². The van der Waals surface area contributed by atoms with Crippen molar-refractivity contribution in [1.29, 1.82) is 0 Å². The molecule has 0 fully saturated rings. The standard InChI is InChI=1S/C6H12O7.Mn.2H2O/c7-1-2(8)3(9)4(10)5(11)6(12)13;;;/h2-5,7-11H,1H2,(H,12,13);;2*1H2/t2-,3-,4+,5-;;;/m1.../s1. The minimum atomic E-state index is -2.20. The van der Waals surface area contributed by atoms with Gasteiger partial charge in [-0.2, -0.15) is 0 Å². The first kappa shape index (κ1) is 24.8. The van der Waals surface area contributed by atoms with Crippen molar-refractivity contribution >= 4 is 5.97 Å². The summed E-state index contributed by atoms with van der Waals surface area (Å²) in [5.74, 6) is -1.73. The number of rotatable bonds is 5. The molecule has 16 heavy (non-hydrogen) atoms. The maximum absolute atomic E-state index is 10.1. The molecule has 10 N–H and O–H groups in total. The Kier molecular flexibility index (Phi) is 17.4. The molecule has 0 amide bonds. The molecular weight excluding hydrogens is 271 g/mol. The maximum atomic E-state index is 10.1.